The fourth-order valence-corrected chi connectivity index (χ4v) is 1.45. The normalized spacial score (nSPS) is 30.1. The number of piperidine rings is 1. The molecule has 1 heterocycles. The van der Waals surface area contributed by atoms with Gasteiger partial charge in [-0.05, 0) is 13.0 Å². The number of hydrogen-bond donors (Lipinski definition) is 1. The molecule has 0 amide bonds. The molecule has 0 aromatic heterocycles. The van der Waals surface area contributed by atoms with Crippen molar-refractivity contribution < 1.29 is 18.1 Å². The maximum absolute atomic E-state index is 12.2. The Labute approximate surface area is 72.3 Å². The molecule has 76 valence electrons. The standard InChI is InChI=1S/C6H9F3N2O2/c7-6(8,9)4-1-2-10-3-5(4)11(12)13/h4-5,10H,1-3H2/t4-,5-/m0/s1. The van der Waals surface area contributed by atoms with Crippen molar-refractivity contribution in [3.63, 3.8) is 0 Å². The number of halogens is 3. The summed E-state index contributed by atoms with van der Waals surface area (Å²) in [5, 5.41) is 12.9. The van der Waals surface area contributed by atoms with Crippen molar-refractivity contribution >= 4 is 0 Å². The van der Waals surface area contributed by atoms with Crippen LogP contribution in [0.5, 0.6) is 0 Å². The molecular formula is C6H9F3N2O2. The molecule has 1 fully saturated rings. The summed E-state index contributed by atoms with van der Waals surface area (Å²) in [7, 11) is 0. The van der Waals surface area contributed by atoms with Gasteiger partial charge in [0, 0.05) is 4.92 Å². The minimum Gasteiger partial charge on any atom is -0.310 e. The van der Waals surface area contributed by atoms with Crippen LogP contribution in [0.4, 0.5) is 13.2 Å². The highest BCUT2D eigenvalue weighted by Crippen LogP contribution is 2.33. The maximum Gasteiger partial charge on any atom is 0.398 e. The van der Waals surface area contributed by atoms with Gasteiger partial charge in [0.1, 0.15) is 5.92 Å². The fourth-order valence-electron chi connectivity index (χ4n) is 1.45. The quantitative estimate of drug-likeness (QED) is 0.501. The van der Waals surface area contributed by atoms with Crippen molar-refractivity contribution in [1.82, 2.24) is 5.32 Å². The van der Waals surface area contributed by atoms with Gasteiger partial charge in [0.05, 0.1) is 6.54 Å². The van der Waals surface area contributed by atoms with Crippen LogP contribution in [-0.4, -0.2) is 30.2 Å². The molecule has 0 radical (unpaired) electrons. The van der Waals surface area contributed by atoms with Gasteiger partial charge in [-0.3, -0.25) is 10.1 Å². The van der Waals surface area contributed by atoms with E-state index in [0.717, 1.165) is 0 Å². The fraction of sp³-hybridized carbons (Fsp3) is 1.00. The lowest BCUT2D eigenvalue weighted by Gasteiger charge is -2.27. The SMILES string of the molecule is O=[N+]([O-])[C@H]1CNCC[C@@H]1C(F)(F)F. The van der Waals surface area contributed by atoms with E-state index >= 15 is 0 Å². The number of hydrogen-bond acceptors (Lipinski definition) is 3. The summed E-state index contributed by atoms with van der Waals surface area (Å²) >= 11 is 0. The molecule has 0 unspecified atom stereocenters. The zero-order valence-corrected chi connectivity index (χ0v) is 6.67. The molecular weight excluding hydrogens is 189 g/mol. The molecule has 0 bridgehead atoms. The molecule has 1 N–H and O–H groups in total. The van der Waals surface area contributed by atoms with Crippen LogP contribution in [0.2, 0.25) is 0 Å². The van der Waals surface area contributed by atoms with Crippen molar-refractivity contribution in [3.05, 3.63) is 10.1 Å². The molecule has 4 nitrogen and oxygen atoms in total. The van der Waals surface area contributed by atoms with Crippen LogP contribution in [-0.2, 0) is 0 Å². The Morgan fingerprint density at radius 3 is 2.46 bits per heavy atom. The second kappa shape index (κ2) is 3.49. The van der Waals surface area contributed by atoms with E-state index in [0.29, 0.717) is 0 Å². The molecule has 0 spiro atoms. The molecule has 0 saturated carbocycles. The monoisotopic (exact) mass is 198 g/mol. The van der Waals surface area contributed by atoms with E-state index in [1.807, 2.05) is 0 Å². The van der Waals surface area contributed by atoms with Gasteiger partial charge in [-0.2, -0.15) is 13.2 Å². The highest BCUT2D eigenvalue weighted by molar-refractivity contribution is 4.82. The number of nitrogens with zero attached hydrogens (tertiary/aromatic N) is 1. The highest BCUT2D eigenvalue weighted by atomic mass is 19.4. The van der Waals surface area contributed by atoms with Crippen molar-refractivity contribution in [3.8, 4) is 0 Å². The summed E-state index contributed by atoms with van der Waals surface area (Å²) in [6, 6.07) is -1.53. The largest absolute Gasteiger partial charge is 0.398 e. The van der Waals surface area contributed by atoms with Crippen molar-refractivity contribution in [1.29, 1.82) is 0 Å². The average Bonchev–Trinajstić information content (AvgIpc) is 2.03. The van der Waals surface area contributed by atoms with Crippen LogP contribution in [0.3, 0.4) is 0 Å². The third-order valence-corrected chi connectivity index (χ3v) is 2.14. The lowest BCUT2D eigenvalue weighted by Crippen LogP contribution is -2.50. The van der Waals surface area contributed by atoms with Crippen LogP contribution in [0.25, 0.3) is 0 Å². The Morgan fingerprint density at radius 2 is 2.08 bits per heavy atom. The molecule has 0 aromatic rings. The molecule has 2 atom stereocenters. The Morgan fingerprint density at radius 1 is 1.46 bits per heavy atom. The number of rotatable bonds is 1. The van der Waals surface area contributed by atoms with Crippen molar-refractivity contribution in [2.45, 2.75) is 18.6 Å². The Balaban J connectivity index is 2.73. The smallest absolute Gasteiger partial charge is 0.310 e. The van der Waals surface area contributed by atoms with E-state index in [9.17, 15) is 23.3 Å². The van der Waals surface area contributed by atoms with Crippen LogP contribution >= 0.6 is 0 Å². The predicted octanol–water partition coefficient (Wildman–Crippen LogP) is 0.803. The van der Waals surface area contributed by atoms with E-state index in [1.54, 1.807) is 0 Å². The summed E-state index contributed by atoms with van der Waals surface area (Å²) in [4.78, 5) is 9.42. The maximum atomic E-state index is 12.2. The second-order valence-electron chi connectivity index (χ2n) is 2.99. The molecule has 13 heavy (non-hydrogen) atoms. The predicted molar refractivity (Wildman–Crippen MR) is 37.8 cm³/mol. The van der Waals surface area contributed by atoms with E-state index < -0.39 is 23.1 Å². The molecule has 1 saturated heterocycles. The second-order valence-corrected chi connectivity index (χ2v) is 2.99. The zero-order chi connectivity index (χ0) is 10.1. The van der Waals surface area contributed by atoms with Crippen LogP contribution in [0, 0.1) is 16.0 Å². The first-order valence-corrected chi connectivity index (χ1v) is 3.84. The first-order valence-electron chi connectivity index (χ1n) is 3.84. The lowest BCUT2D eigenvalue weighted by molar-refractivity contribution is -0.541. The number of nitro groups is 1. The van der Waals surface area contributed by atoms with Crippen LogP contribution in [0.15, 0.2) is 0 Å². The molecule has 0 aromatic carbocycles. The molecule has 1 aliphatic heterocycles. The van der Waals surface area contributed by atoms with Crippen molar-refractivity contribution in [2.24, 2.45) is 5.92 Å². The molecule has 7 heteroatoms. The summed E-state index contributed by atoms with van der Waals surface area (Å²) in [5.74, 6) is -1.80. The summed E-state index contributed by atoms with van der Waals surface area (Å²) in [6.45, 7) is -0.00824. The average molecular weight is 198 g/mol. The van der Waals surface area contributed by atoms with Gasteiger partial charge in [0.15, 0.2) is 0 Å². The van der Waals surface area contributed by atoms with Gasteiger partial charge < -0.3 is 5.32 Å². The Bertz CT molecular complexity index is 207. The topological polar surface area (TPSA) is 55.2 Å². The minimum absolute atomic E-state index is 0.189. The van der Waals surface area contributed by atoms with Gasteiger partial charge in [-0.15, -0.1) is 0 Å². The summed E-state index contributed by atoms with van der Waals surface area (Å²) in [6.07, 6.45) is -4.67. The number of alkyl halides is 3. The summed E-state index contributed by atoms with van der Waals surface area (Å²) in [5.41, 5.74) is 0. The first kappa shape index (κ1) is 10.2. The van der Waals surface area contributed by atoms with Gasteiger partial charge in [0.2, 0.25) is 6.04 Å². The summed E-state index contributed by atoms with van der Waals surface area (Å²) < 4.78 is 36.7. The molecule has 1 aliphatic rings. The first-order chi connectivity index (χ1) is 5.93. The van der Waals surface area contributed by atoms with Crippen molar-refractivity contribution in [2.75, 3.05) is 13.1 Å². The van der Waals surface area contributed by atoms with Gasteiger partial charge in [-0.25, -0.2) is 0 Å². The molecule has 1 rings (SSSR count). The van der Waals surface area contributed by atoms with Gasteiger partial charge >= 0.3 is 6.18 Å². The Hall–Kier alpha value is -0.850. The zero-order valence-electron chi connectivity index (χ0n) is 6.67. The van der Waals surface area contributed by atoms with Gasteiger partial charge in [0.25, 0.3) is 0 Å². The van der Waals surface area contributed by atoms with E-state index in [4.69, 9.17) is 0 Å². The van der Waals surface area contributed by atoms with Gasteiger partial charge in [-0.1, -0.05) is 0 Å². The van der Waals surface area contributed by atoms with Crippen LogP contribution < -0.4 is 5.32 Å². The van der Waals surface area contributed by atoms with E-state index in [1.165, 1.54) is 0 Å². The lowest BCUT2D eigenvalue weighted by atomic mass is 9.93. The number of nitrogens with one attached hydrogen (secondary N) is 1. The van der Waals surface area contributed by atoms with Crippen LogP contribution in [0.1, 0.15) is 6.42 Å². The molecule has 0 aliphatic carbocycles. The van der Waals surface area contributed by atoms with E-state index in [-0.39, 0.29) is 19.5 Å². The highest BCUT2D eigenvalue weighted by Gasteiger charge is 2.51. The minimum atomic E-state index is -4.46. The van der Waals surface area contributed by atoms with E-state index in [2.05, 4.69) is 5.32 Å². The third kappa shape index (κ3) is 2.30. The third-order valence-electron chi connectivity index (χ3n) is 2.14. The Kier molecular flexibility index (Phi) is 2.74.